The third kappa shape index (κ3) is 3.08. The van der Waals surface area contributed by atoms with E-state index in [4.69, 9.17) is 4.74 Å². The molecule has 2 aromatic rings. The van der Waals surface area contributed by atoms with Crippen LogP contribution in [-0.4, -0.2) is 21.8 Å². The van der Waals surface area contributed by atoms with E-state index in [9.17, 15) is 10.1 Å². The highest BCUT2D eigenvalue weighted by Gasteiger charge is 2.20. The molecule has 7 nitrogen and oxygen atoms in total. The van der Waals surface area contributed by atoms with Crippen LogP contribution in [0.25, 0.3) is 0 Å². The highest BCUT2D eigenvalue weighted by molar-refractivity contribution is 5.42. The molecule has 2 rings (SSSR count). The van der Waals surface area contributed by atoms with Crippen LogP contribution in [0, 0.1) is 10.1 Å². The molecule has 1 heterocycles. The van der Waals surface area contributed by atoms with Gasteiger partial charge in [0.15, 0.2) is 0 Å². The first-order chi connectivity index (χ1) is 9.10. The first kappa shape index (κ1) is 13.0. The van der Waals surface area contributed by atoms with Gasteiger partial charge < -0.3 is 10.1 Å². The Morgan fingerprint density at radius 1 is 1.53 bits per heavy atom. The van der Waals surface area contributed by atoms with Crippen LogP contribution in [-0.2, 0) is 13.6 Å². The Kier molecular flexibility index (Phi) is 3.76. The van der Waals surface area contributed by atoms with Crippen molar-refractivity contribution in [3.05, 3.63) is 46.1 Å². The number of aryl methyl sites for hydroxylation is 1. The standard InChI is InChI=1S/C12H14N4O3/c1-13-7-9-4-3-5-10(6-9)19-12-11(16(17)18)8-15(2)14-12/h3-6,8,13H,7H2,1-2H3. The number of nitrogens with zero attached hydrogens (tertiary/aromatic N) is 3. The second kappa shape index (κ2) is 5.49. The summed E-state index contributed by atoms with van der Waals surface area (Å²) < 4.78 is 6.83. The van der Waals surface area contributed by atoms with E-state index in [2.05, 4.69) is 10.4 Å². The molecule has 0 amide bonds. The van der Waals surface area contributed by atoms with Crippen LogP contribution in [0.15, 0.2) is 30.5 Å². The molecule has 7 heteroatoms. The van der Waals surface area contributed by atoms with Crippen molar-refractivity contribution < 1.29 is 9.66 Å². The summed E-state index contributed by atoms with van der Waals surface area (Å²) >= 11 is 0. The number of aromatic nitrogens is 2. The summed E-state index contributed by atoms with van der Waals surface area (Å²) in [7, 11) is 3.45. The normalized spacial score (nSPS) is 10.4. The maximum Gasteiger partial charge on any atom is 0.350 e. The van der Waals surface area contributed by atoms with Crippen molar-refractivity contribution >= 4 is 5.69 Å². The first-order valence-electron chi connectivity index (χ1n) is 5.69. The molecule has 0 aliphatic carbocycles. The van der Waals surface area contributed by atoms with E-state index in [1.165, 1.54) is 10.9 Å². The summed E-state index contributed by atoms with van der Waals surface area (Å²) in [4.78, 5) is 10.3. The molecule has 1 aromatic carbocycles. The highest BCUT2D eigenvalue weighted by atomic mass is 16.6. The molecule has 0 radical (unpaired) electrons. The molecule has 0 atom stereocenters. The Morgan fingerprint density at radius 2 is 2.32 bits per heavy atom. The number of nitro groups is 1. The van der Waals surface area contributed by atoms with Gasteiger partial charge in [-0.3, -0.25) is 14.8 Å². The monoisotopic (exact) mass is 262 g/mol. The lowest BCUT2D eigenvalue weighted by molar-refractivity contribution is -0.385. The Hall–Kier alpha value is -2.41. The number of benzene rings is 1. The minimum absolute atomic E-state index is 0.00546. The molecule has 1 aromatic heterocycles. The first-order valence-corrected chi connectivity index (χ1v) is 5.69. The fraction of sp³-hybridized carbons (Fsp3) is 0.250. The van der Waals surface area contributed by atoms with Gasteiger partial charge in [-0.1, -0.05) is 12.1 Å². The van der Waals surface area contributed by atoms with Crippen LogP contribution in [0.3, 0.4) is 0 Å². The second-order valence-corrected chi connectivity index (χ2v) is 4.03. The van der Waals surface area contributed by atoms with Gasteiger partial charge in [-0.05, 0) is 24.7 Å². The average Bonchev–Trinajstić information content (AvgIpc) is 2.71. The van der Waals surface area contributed by atoms with E-state index < -0.39 is 4.92 Å². The minimum Gasteiger partial charge on any atom is -0.433 e. The fourth-order valence-corrected chi connectivity index (χ4v) is 1.69. The van der Waals surface area contributed by atoms with E-state index in [0.717, 1.165) is 5.56 Å². The molecule has 19 heavy (non-hydrogen) atoms. The Morgan fingerprint density at radius 3 is 3.00 bits per heavy atom. The van der Waals surface area contributed by atoms with Crippen LogP contribution in [0.5, 0.6) is 11.6 Å². The van der Waals surface area contributed by atoms with Crippen LogP contribution in [0.2, 0.25) is 0 Å². The lowest BCUT2D eigenvalue weighted by Crippen LogP contribution is -2.04. The van der Waals surface area contributed by atoms with Gasteiger partial charge in [-0.15, -0.1) is 5.10 Å². The van der Waals surface area contributed by atoms with Crippen LogP contribution < -0.4 is 10.1 Å². The molecule has 0 aliphatic heterocycles. The van der Waals surface area contributed by atoms with Crippen LogP contribution in [0.4, 0.5) is 5.69 Å². The summed E-state index contributed by atoms with van der Waals surface area (Å²) in [6.07, 6.45) is 1.31. The van der Waals surface area contributed by atoms with Crippen LogP contribution in [0.1, 0.15) is 5.56 Å². The summed E-state index contributed by atoms with van der Waals surface area (Å²) in [5, 5.41) is 17.8. The van der Waals surface area contributed by atoms with Gasteiger partial charge >= 0.3 is 11.6 Å². The Bertz CT molecular complexity index is 594. The third-order valence-corrected chi connectivity index (χ3v) is 2.47. The molecule has 1 N–H and O–H groups in total. The predicted octanol–water partition coefficient (Wildman–Crippen LogP) is 1.84. The van der Waals surface area contributed by atoms with Gasteiger partial charge in [0.05, 0.1) is 4.92 Å². The van der Waals surface area contributed by atoms with E-state index in [1.54, 1.807) is 13.1 Å². The van der Waals surface area contributed by atoms with Crippen LogP contribution >= 0.6 is 0 Å². The molecule has 0 bridgehead atoms. The molecule has 0 aliphatic rings. The second-order valence-electron chi connectivity index (χ2n) is 4.03. The third-order valence-electron chi connectivity index (χ3n) is 2.47. The molecular formula is C12H14N4O3. The molecule has 0 saturated carbocycles. The number of ether oxygens (including phenoxy) is 1. The van der Waals surface area contributed by atoms with Crippen molar-refractivity contribution in [3.63, 3.8) is 0 Å². The molecular weight excluding hydrogens is 248 g/mol. The number of nitrogens with one attached hydrogen (secondary N) is 1. The van der Waals surface area contributed by atoms with Gasteiger partial charge in [0.1, 0.15) is 11.9 Å². The summed E-state index contributed by atoms with van der Waals surface area (Å²) in [6, 6.07) is 7.32. The Labute approximate surface area is 110 Å². The zero-order valence-electron chi connectivity index (χ0n) is 10.7. The van der Waals surface area contributed by atoms with Crippen molar-refractivity contribution in [2.75, 3.05) is 7.05 Å². The zero-order chi connectivity index (χ0) is 13.8. The van der Waals surface area contributed by atoms with Crippen molar-refractivity contribution in [1.82, 2.24) is 15.1 Å². The van der Waals surface area contributed by atoms with Crippen molar-refractivity contribution in [3.8, 4) is 11.6 Å². The zero-order valence-corrected chi connectivity index (χ0v) is 10.7. The van der Waals surface area contributed by atoms with E-state index in [-0.39, 0.29) is 11.6 Å². The smallest absolute Gasteiger partial charge is 0.350 e. The molecule has 0 unspecified atom stereocenters. The average molecular weight is 262 g/mol. The summed E-state index contributed by atoms with van der Waals surface area (Å²) in [5.74, 6) is 0.517. The van der Waals surface area contributed by atoms with Gasteiger partial charge in [-0.2, -0.15) is 0 Å². The lowest BCUT2D eigenvalue weighted by Gasteiger charge is -2.04. The van der Waals surface area contributed by atoms with Crippen molar-refractivity contribution in [2.45, 2.75) is 6.54 Å². The van der Waals surface area contributed by atoms with Gasteiger partial charge in [0, 0.05) is 13.6 Å². The maximum atomic E-state index is 10.9. The van der Waals surface area contributed by atoms with Gasteiger partial charge in [0.2, 0.25) is 0 Å². The molecule has 100 valence electrons. The quantitative estimate of drug-likeness (QED) is 0.656. The minimum atomic E-state index is -0.514. The van der Waals surface area contributed by atoms with Gasteiger partial charge in [-0.25, -0.2) is 0 Å². The number of hydrogen-bond donors (Lipinski definition) is 1. The SMILES string of the molecule is CNCc1cccc(Oc2nn(C)cc2[N+](=O)[O-])c1. The number of rotatable bonds is 5. The van der Waals surface area contributed by atoms with E-state index in [0.29, 0.717) is 12.3 Å². The maximum absolute atomic E-state index is 10.9. The van der Waals surface area contributed by atoms with Crippen molar-refractivity contribution in [2.24, 2.45) is 7.05 Å². The van der Waals surface area contributed by atoms with E-state index in [1.807, 2.05) is 25.2 Å². The highest BCUT2D eigenvalue weighted by Crippen LogP contribution is 2.29. The number of hydrogen-bond acceptors (Lipinski definition) is 5. The lowest BCUT2D eigenvalue weighted by atomic mass is 10.2. The Balaban J connectivity index is 2.25. The van der Waals surface area contributed by atoms with E-state index >= 15 is 0 Å². The summed E-state index contributed by atoms with van der Waals surface area (Å²) in [5.41, 5.74) is 0.875. The molecule has 0 spiro atoms. The predicted molar refractivity (Wildman–Crippen MR) is 69.1 cm³/mol. The molecule has 0 saturated heterocycles. The largest absolute Gasteiger partial charge is 0.433 e. The topological polar surface area (TPSA) is 82.2 Å². The molecule has 0 fully saturated rings. The van der Waals surface area contributed by atoms with Crippen molar-refractivity contribution in [1.29, 1.82) is 0 Å². The summed E-state index contributed by atoms with van der Waals surface area (Å²) in [6.45, 7) is 0.696. The van der Waals surface area contributed by atoms with Gasteiger partial charge in [0.25, 0.3) is 0 Å². The fourth-order valence-electron chi connectivity index (χ4n) is 1.69.